The summed E-state index contributed by atoms with van der Waals surface area (Å²) >= 11 is 8.01. The first kappa shape index (κ1) is 21.9. The van der Waals surface area contributed by atoms with E-state index in [1.54, 1.807) is 6.21 Å². The first-order chi connectivity index (χ1) is 14.2. The number of halogens is 4. The second-order valence-corrected chi connectivity index (χ2v) is 7.92. The van der Waals surface area contributed by atoms with E-state index in [0.29, 0.717) is 0 Å². The monoisotopic (exact) mass is 475 g/mol. The number of anilines is 2. The summed E-state index contributed by atoms with van der Waals surface area (Å²) in [5, 5.41) is 15.7. The normalized spacial score (nSPS) is 11.7. The molecule has 0 saturated heterocycles. The summed E-state index contributed by atoms with van der Waals surface area (Å²) < 4.78 is 39.8. The number of nitrogens with two attached hydrogens (primary N) is 1. The molecule has 30 heavy (non-hydrogen) atoms. The van der Waals surface area contributed by atoms with E-state index in [2.05, 4.69) is 26.0 Å². The number of benzene rings is 1. The van der Waals surface area contributed by atoms with Crippen LogP contribution in [0.4, 0.5) is 24.8 Å². The van der Waals surface area contributed by atoms with Gasteiger partial charge < -0.3 is 11.2 Å². The van der Waals surface area contributed by atoms with E-state index in [-0.39, 0.29) is 22.5 Å². The molecule has 4 N–H and O–H groups in total. The fourth-order valence-corrected chi connectivity index (χ4v) is 3.58. The average Bonchev–Trinajstić information content (AvgIpc) is 3.31. The Morgan fingerprint density at radius 3 is 2.87 bits per heavy atom. The third-order valence-corrected chi connectivity index (χ3v) is 5.53. The summed E-state index contributed by atoms with van der Waals surface area (Å²) in [6.07, 6.45) is -3.04. The predicted octanol–water partition coefficient (Wildman–Crippen LogP) is 3.90. The van der Waals surface area contributed by atoms with Crippen LogP contribution >= 0.6 is 34.7 Å². The Hall–Kier alpha value is -2.77. The van der Waals surface area contributed by atoms with Crippen LogP contribution in [-0.4, -0.2) is 32.7 Å². The Bertz CT molecular complexity index is 1050. The molecule has 0 atom stereocenters. The standard InChI is InChI=1S/C16H13ClF3N7OS2/c17-12-4-3-9(6-11(12)16(18,19)20)23-13(28)8-30-15-26-25-14(27(15)21)24-22-7-10-2-1-5-29-10/h1-7H,8,21H2,(H,23,28)(H,24,25)/b22-7+. The van der Waals surface area contributed by atoms with Crippen LogP contribution in [0, 0.1) is 0 Å². The van der Waals surface area contributed by atoms with Gasteiger partial charge in [0.15, 0.2) is 0 Å². The SMILES string of the molecule is Nn1c(N/N=C/c2cccs2)nnc1SCC(=O)Nc1ccc(Cl)c(C(F)(F)F)c1. The Balaban J connectivity index is 1.56. The topological polar surface area (TPSA) is 110 Å². The summed E-state index contributed by atoms with van der Waals surface area (Å²) in [7, 11) is 0. The maximum Gasteiger partial charge on any atom is 0.417 e. The van der Waals surface area contributed by atoms with Crippen LogP contribution in [0.3, 0.4) is 0 Å². The summed E-state index contributed by atoms with van der Waals surface area (Å²) in [4.78, 5) is 13.0. The maximum atomic E-state index is 12.9. The number of carbonyl (C=O) groups is 1. The van der Waals surface area contributed by atoms with Crippen molar-refractivity contribution in [3.05, 3.63) is 51.2 Å². The van der Waals surface area contributed by atoms with Crippen molar-refractivity contribution in [1.29, 1.82) is 0 Å². The lowest BCUT2D eigenvalue weighted by atomic mass is 10.2. The Morgan fingerprint density at radius 2 is 2.17 bits per heavy atom. The number of nitrogen functional groups attached to an aromatic ring is 1. The number of hydrogen-bond acceptors (Lipinski definition) is 8. The lowest BCUT2D eigenvalue weighted by Gasteiger charge is -2.11. The van der Waals surface area contributed by atoms with E-state index in [0.717, 1.165) is 33.4 Å². The predicted molar refractivity (Wildman–Crippen MR) is 112 cm³/mol. The Morgan fingerprint density at radius 1 is 1.37 bits per heavy atom. The number of rotatable bonds is 7. The van der Waals surface area contributed by atoms with E-state index < -0.39 is 22.7 Å². The highest BCUT2D eigenvalue weighted by atomic mass is 35.5. The van der Waals surface area contributed by atoms with Crippen molar-refractivity contribution < 1.29 is 18.0 Å². The van der Waals surface area contributed by atoms with Crippen LogP contribution in [0.15, 0.2) is 46.0 Å². The minimum atomic E-state index is -4.63. The molecule has 1 amide bonds. The van der Waals surface area contributed by atoms with Gasteiger partial charge in [-0.3, -0.25) is 4.79 Å². The molecule has 0 bridgehead atoms. The molecule has 158 valence electrons. The van der Waals surface area contributed by atoms with Gasteiger partial charge in [0, 0.05) is 10.6 Å². The Labute approximate surface area is 181 Å². The molecule has 0 aliphatic rings. The van der Waals surface area contributed by atoms with Gasteiger partial charge in [0.05, 0.1) is 22.6 Å². The number of carbonyl (C=O) groups excluding carboxylic acids is 1. The molecule has 0 unspecified atom stereocenters. The first-order valence-corrected chi connectivity index (χ1v) is 10.3. The van der Waals surface area contributed by atoms with Gasteiger partial charge >= 0.3 is 6.18 Å². The number of thiophene rings is 1. The number of nitrogens with zero attached hydrogens (tertiary/aromatic N) is 4. The molecule has 14 heteroatoms. The van der Waals surface area contributed by atoms with Gasteiger partial charge in [-0.2, -0.15) is 18.3 Å². The molecule has 0 radical (unpaired) electrons. The minimum Gasteiger partial charge on any atom is -0.334 e. The number of alkyl halides is 3. The molecule has 0 aliphatic heterocycles. The molecule has 3 rings (SSSR count). The van der Waals surface area contributed by atoms with E-state index in [9.17, 15) is 18.0 Å². The highest BCUT2D eigenvalue weighted by Crippen LogP contribution is 2.36. The van der Waals surface area contributed by atoms with Crippen molar-refractivity contribution in [3.63, 3.8) is 0 Å². The third kappa shape index (κ3) is 5.64. The van der Waals surface area contributed by atoms with Crippen molar-refractivity contribution in [3.8, 4) is 0 Å². The maximum absolute atomic E-state index is 12.9. The zero-order valence-corrected chi connectivity index (χ0v) is 17.2. The van der Waals surface area contributed by atoms with Crippen molar-refractivity contribution >= 4 is 58.5 Å². The van der Waals surface area contributed by atoms with Crippen molar-refractivity contribution in [2.24, 2.45) is 5.10 Å². The van der Waals surface area contributed by atoms with Crippen LogP contribution in [-0.2, 0) is 11.0 Å². The number of amides is 1. The lowest BCUT2D eigenvalue weighted by molar-refractivity contribution is -0.137. The Kier molecular flexibility index (Phi) is 6.84. The highest BCUT2D eigenvalue weighted by molar-refractivity contribution is 7.99. The second-order valence-electron chi connectivity index (χ2n) is 5.59. The number of nitrogens with one attached hydrogen (secondary N) is 2. The van der Waals surface area contributed by atoms with Crippen LogP contribution in [0.2, 0.25) is 5.02 Å². The van der Waals surface area contributed by atoms with Gasteiger partial charge in [-0.25, -0.2) is 10.1 Å². The molecule has 0 fully saturated rings. The van der Waals surface area contributed by atoms with Crippen LogP contribution in [0.5, 0.6) is 0 Å². The zero-order valence-electron chi connectivity index (χ0n) is 14.9. The number of aromatic nitrogens is 3. The van der Waals surface area contributed by atoms with Crippen LogP contribution in [0.25, 0.3) is 0 Å². The van der Waals surface area contributed by atoms with Crippen molar-refractivity contribution in [2.45, 2.75) is 11.3 Å². The lowest BCUT2D eigenvalue weighted by Crippen LogP contribution is -2.17. The molecule has 0 saturated carbocycles. The fourth-order valence-electron chi connectivity index (χ4n) is 2.12. The summed E-state index contributed by atoms with van der Waals surface area (Å²) in [5.41, 5.74) is 1.57. The highest BCUT2D eigenvalue weighted by Gasteiger charge is 2.33. The number of thioether (sulfide) groups is 1. The molecule has 1 aromatic carbocycles. The minimum absolute atomic E-state index is 0.0307. The molecule has 2 heterocycles. The largest absolute Gasteiger partial charge is 0.417 e. The van der Waals surface area contributed by atoms with Crippen molar-refractivity contribution in [1.82, 2.24) is 14.9 Å². The number of hydrogen-bond donors (Lipinski definition) is 3. The quantitative estimate of drug-likeness (QED) is 0.207. The second kappa shape index (κ2) is 9.36. The van der Waals surface area contributed by atoms with E-state index in [1.165, 1.54) is 17.4 Å². The van der Waals surface area contributed by atoms with E-state index in [4.69, 9.17) is 17.4 Å². The van der Waals surface area contributed by atoms with Crippen molar-refractivity contribution in [2.75, 3.05) is 22.3 Å². The van der Waals surface area contributed by atoms with Gasteiger partial charge in [-0.05, 0) is 29.6 Å². The number of hydrazone groups is 1. The fraction of sp³-hybridized carbons (Fsp3) is 0.125. The summed E-state index contributed by atoms with van der Waals surface area (Å²) in [6.45, 7) is 0. The van der Waals surface area contributed by atoms with Gasteiger partial charge in [0.2, 0.25) is 11.1 Å². The smallest absolute Gasteiger partial charge is 0.334 e. The first-order valence-electron chi connectivity index (χ1n) is 8.06. The molecule has 3 aromatic rings. The molecule has 8 nitrogen and oxygen atoms in total. The van der Waals surface area contributed by atoms with Gasteiger partial charge in [-0.1, -0.05) is 29.4 Å². The molecule has 0 aliphatic carbocycles. The summed E-state index contributed by atoms with van der Waals surface area (Å²) in [5.74, 6) is 5.30. The van der Waals surface area contributed by atoms with Gasteiger partial charge in [0.25, 0.3) is 5.95 Å². The van der Waals surface area contributed by atoms with Crippen LogP contribution < -0.4 is 16.6 Å². The van der Waals surface area contributed by atoms with E-state index >= 15 is 0 Å². The molecule has 0 spiro atoms. The molecule has 2 aromatic heterocycles. The molecular formula is C16H13ClF3N7OS2. The van der Waals surface area contributed by atoms with Gasteiger partial charge in [0.1, 0.15) is 0 Å². The average molecular weight is 476 g/mol. The molecular weight excluding hydrogens is 463 g/mol. The van der Waals surface area contributed by atoms with Gasteiger partial charge in [-0.15, -0.1) is 21.5 Å². The summed E-state index contributed by atoms with van der Waals surface area (Å²) in [6, 6.07) is 6.87. The van der Waals surface area contributed by atoms with E-state index in [1.807, 2.05) is 17.5 Å². The third-order valence-electron chi connectivity index (χ3n) is 3.45. The van der Waals surface area contributed by atoms with Crippen LogP contribution in [0.1, 0.15) is 10.4 Å². The zero-order chi connectivity index (χ0) is 21.7.